The Kier molecular flexibility index (Phi) is 3.76. The van der Waals surface area contributed by atoms with Crippen LogP contribution in [0.1, 0.15) is 58.3 Å². The number of carbonyl (C=O) groups excluding carboxylic acids is 3. The molecule has 0 aromatic heterocycles. The molecule has 2 saturated carbocycles. The second kappa shape index (κ2) is 5.43. The molecule has 1 saturated heterocycles. The molecule has 1 spiro atoms. The Labute approximate surface area is 125 Å². The summed E-state index contributed by atoms with van der Waals surface area (Å²) < 4.78 is 0. The van der Waals surface area contributed by atoms with Crippen LogP contribution in [0.2, 0.25) is 0 Å². The number of amides is 4. The highest BCUT2D eigenvalue weighted by atomic mass is 16.2. The number of urea groups is 1. The standard InChI is InChI=1S/C16H24N2O3/c1-11-4-2-5-12(10-11)6-9-18-14(20)16(7-3-8-16)13(19)17-15(18)21/h11-12H,2-10H2,1H3,(H,17,19,21). The predicted octanol–water partition coefficient (Wildman–Crippen LogP) is 2.45. The second-order valence-corrected chi connectivity index (χ2v) is 7.08. The molecule has 0 radical (unpaired) electrons. The van der Waals surface area contributed by atoms with Gasteiger partial charge in [-0.05, 0) is 37.5 Å². The number of nitrogens with one attached hydrogen (secondary N) is 1. The molecule has 1 aliphatic heterocycles. The lowest BCUT2D eigenvalue weighted by atomic mass is 9.66. The van der Waals surface area contributed by atoms with E-state index in [9.17, 15) is 14.4 Å². The molecule has 0 bridgehead atoms. The van der Waals surface area contributed by atoms with Gasteiger partial charge in [0.25, 0.3) is 0 Å². The Morgan fingerprint density at radius 2 is 1.95 bits per heavy atom. The van der Waals surface area contributed by atoms with Gasteiger partial charge in [0.05, 0.1) is 0 Å². The van der Waals surface area contributed by atoms with Gasteiger partial charge in [-0.1, -0.05) is 32.6 Å². The summed E-state index contributed by atoms with van der Waals surface area (Å²) in [5, 5.41) is 2.38. The molecule has 0 aromatic rings. The Morgan fingerprint density at radius 1 is 1.19 bits per heavy atom. The Bertz CT molecular complexity index is 470. The number of nitrogens with zero attached hydrogens (tertiary/aromatic N) is 1. The van der Waals surface area contributed by atoms with Gasteiger partial charge in [0.1, 0.15) is 5.41 Å². The Balaban J connectivity index is 1.62. The summed E-state index contributed by atoms with van der Waals surface area (Å²) in [5.41, 5.74) is -0.923. The lowest BCUT2D eigenvalue weighted by Crippen LogP contribution is -2.66. The largest absolute Gasteiger partial charge is 0.330 e. The molecular formula is C16H24N2O3. The van der Waals surface area contributed by atoms with E-state index in [1.807, 2.05) is 0 Å². The summed E-state index contributed by atoms with van der Waals surface area (Å²) in [6.45, 7) is 2.73. The first-order chi connectivity index (χ1) is 10.0. The van der Waals surface area contributed by atoms with Crippen molar-refractivity contribution < 1.29 is 14.4 Å². The van der Waals surface area contributed by atoms with E-state index in [0.717, 1.165) is 18.8 Å². The maximum Gasteiger partial charge on any atom is 0.330 e. The molecule has 2 unspecified atom stereocenters. The maximum atomic E-state index is 12.5. The zero-order chi connectivity index (χ0) is 15.0. The van der Waals surface area contributed by atoms with Crippen LogP contribution in [-0.2, 0) is 9.59 Å². The third-order valence-electron chi connectivity index (χ3n) is 5.57. The van der Waals surface area contributed by atoms with Crippen LogP contribution in [0.4, 0.5) is 4.79 Å². The molecule has 3 aliphatic rings. The highest BCUT2D eigenvalue weighted by molar-refractivity contribution is 6.19. The molecule has 116 valence electrons. The number of hydrogen-bond donors (Lipinski definition) is 1. The normalized spacial score (nSPS) is 32.0. The van der Waals surface area contributed by atoms with Gasteiger partial charge in [-0.25, -0.2) is 4.79 Å². The van der Waals surface area contributed by atoms with Crippen LogP contribution in [0.25, 0.3) is 0 Å². The first-order valence-electron chi connectivity index (χ1n) is 8.20. The van der Waals surface area contributed by atoms with Crippen LogP contribution in [0, 0.1) is 17.3 Å². The third kappa shape index (κ3) is 2.47. The number of barbiturate groups is 1. The van der Waals surface area contributed by atoms with Gasteiger partial charge in [0.15, 0.2) is 0 Å². The average Bonchev–Trinajstić information content (AvgIpc) is 2.36. The molecule has 2 aliphatic carbocycles. The minimum Gasteiger partial charge on any atom is -0.277 e. The Hall–Kier alpha value is -1.39. The van der Waals surface area contributed by atoms with E-state index in [0.29, 0.717) is 25.3 Å². The highest BCUT2D eigenvalue weighted by Crippen LogP contribution is 2.44. The first-order valence-corrected chi connectivity index (χ1v) is 8.20. The van der Waals surface area contributed by atoms with Crippen molar-refractivity contribution in [3.8, 4) is 0 Å². The van der Waals surface area contributed by atoms with Gasteiger partial charge in [-0.3, -0.25) is 19.8 Å². The van der Waals surface area contributed by atoms with E-state index < -0.39 is 11.4 Å². The van der Waals surface area contributed by atoms with Crippen molar-refractivity contribution in [1.29, 1.82) is 0 Å². The van der Waals surface area contributed by atoms with Crippen LogP contribution in [0.3, 0.4) is 0 Å². The molecule has 21 heavy (non-hydrogen) atoms. The molecule has 1 heterocycles. The molecular weight excluding hydrogens is 268 g/mol. The smallest absolute Gasteiger partial charge is 0.277 e. The number of imide groups is 2. The molecule has 0 aromatic carbocycles. The first kappa shape index (κ1) is 14.5. The van der Waals surface area contributed by atoms with Crippen molar-refractivity contribution >= 4 is 17.8 Å². The highest BCUT2D eigenvalue weighted by Gasteiger charge is 2.57. The summed E-state index contributed by atoms with van der Waals surface area (Å²) in [6, 6.07) is -0.522. The number of hydrogen-bond acceptors (Lipinski definition) is 3. The summed E-state index contributed by atoms with van der Waals surface area (Å²) in [6.07, 6.45) is 7.84. The van der Waals surface area contributed by atoms with Crippen molar-refractivity contribution in [3.05, 3.63) is 0 Å². The molecule has 5 nitrogen and oxygen atoms in total. The SMILES string of the molecule is CC1CCCC(CCN2C(=O)NC(=O)C3(CCC3)C2=O)C1. The predicted molar refractivity (Wildman–Crippen MR) is 77.3 cm³/mol. The number of rotatable bonds is 3. The van der Waals surface area contributed by atoms with E-state index in [4.69, 9.17) is 0 Å². The van der Waals surface area contributed by atoms with Crippen LogP contribution < -0.4 is 5.32 Å². The van der Waals surface area contributed by atoms with Crippen LogP contribution in [-0.4, -0.2) is 29.3 Å². The average molecular weight is 292 g/mol. The van der Waals surface area contributed by atoms with Crippen molar-refractivity contribution in [2.75, 3.05) is 6.54 Å². The fourth-order valence-corrected chi connectivity index (χ4v) is 4.04. The van der Waals surface area contributed by atoms with E-state index in [1.165, 1.54) is 30.6 Å². The number of carbonyl (C=O) groups is 3. The van der Waals surface area contributed by atoms with Gasteiger partial charge in [0, 0.05) is 6.54 Å². The van der Waals surface area contributed by atoms with Gasteiger partial charge >= 0.3 is 6.03 Å². The summed E-state index contributed by atoms with van der Waals surface area (Å²) in [4.78, 5) is 37.7. The zero-order valence-electron chi connectivity index (χ0n) is 12.7. The molecule has 3 rings (SSSR count). The summed E-state index contributed by atoms with van der Waals surface area (Å²) in [7, 11) is 0. The van der Waals surface area contributed by atoms with Crippen molar-refractivity contribution in [1.82, 2.24) is 10.2 Å². The van der Waals surface area contributed by atoms with Crippen molar-refractivity contribution in [2.45, 2.75) is 58.3 Å². The van der Waals surface area contributed by atoms with Crippen LogP contribution >= 0.6 is 0 Å². The van der Waals surface area contributed by atoms with Gasteiger partial charge in [-0.15, -0.1) is 0 Å². The van der Waals surface area contributed by atoms with Crippen molar-refractivity contribution in [3.63, 3.8) is 0 Å². The topological polar surface area (TPSA) is 66.5 Å². The monoisotopic (exact) mass is 292 g/mol. The van der Waals surface area contributed by atoms with Gasteiger partial charge in [-0.2, -0.15) is 0 Å². The lowest BCUT2D eigenvalue weighted by molar-refractivity contribution is -0.157. The molecule has 2 atom stereocenters. The van der Waals surface area contributed by atoms with Crippen LogP contribution in [0.5, 0.6) is 0 Å². The molecule has 1 N–H and O–H groups in total. The van der Waals surface area contributed by atoms with E-state index in [-0.39, 0.29) is 11.8 Å². The second-order valence-electron chi connectivity index (χ2n) is 7.08. The fraction of sp³-hybridized carbons (Fsp3) is 0.812. The van der Waals surface area contributed by atoms with E-state index in [1.54, 1.807) is 0 Å². The van der Waals surface area contributed by atoms with Crippen molar-refractivity contribution in [2.24, 2.45) is 17.3 Å². The Morgan fingerprint density at radius 3 is 2.57 bits per heavy atom. The molecule has 5 heteroatoms. The fourth-order valence-electron chi connectivity index (χ4n) is 4.04. The van der Waals surface area contributed by atoms with Crippen LogP contribution in [0.15, 0.2) is 0 Å². The molecule has 4 amide bonds. The lowest BCUT2D eigenvalue weighted by Gasteiger charge is -2.44. The maximum absolute atomic E-state index is 12.5. The quantitative estimate of drug-likeness (QED) is 0.812. The van der Waals surface area contributed by atoms with Gasteiger partial charge in [0.2, 0.25) is 11.8 Å². The summed E-state index contributed by atoms with van der Waals surface area (Å²) >= 11 is 0. The minimum absolute atomic E-state index is 0.258. The van der Waals surface area contributed by atoms with E-state index in [2.05, 4.69) is 12.2 Å². The molecule has 3 fully saturated rings. The minimum atomic E-state index is -0.923. The van der Waals surface area contributed by atoms with Gasteiger partial charge < -0.3 is 0 Å². The zero-order valence-corrected chi connectivity index (χ0v) is 12.7. The third-order valence-corrected chi connectivity index (χ3v) is 5.57. The van der Waals surface area contributed by atoms with E-state index >= 15 is 0 Å². The summed E-state index contributed by atoms with van der Waals surface area (Å²) in [5.74, 6) is 0.705.